The number of hydrogen-bond donors (Lipinski definition) is 2. The van der Waals surface area contributed by atoms with E-state index < -0.39 is 26.6 Å². The van der Waals surface area contributed by atoms with E-state index in [1.54, 1.807) is 29.6 Å². The molecular formula is C18H13BrF2N2O3S2. The fourth-order valence-corrected chi connectivity index (χ4v) is 4.81. The van der Waals surface area contributed by atoms with Crippen LogP contribution in [0.1, 0.15) is 6.92 Å². The molecule has 5 nitrogen and oxygen atoms in total. The van der Waals surface area contributed by atoms with Crippen molar-refractivity contribution in [1.29, 1.82) is 0 Å². The van der Waals surface area contributed by atoms with Crippen molar-refractivity contribution < 1.29 is 22.0 Å². The van der Waals surface area contributed by atoms with Crippen LogP contribution in [0.15, 0.2) is 57.2 Å². The minimum absolute atomic E-state index is 0.167. The van der Waals surface area contributed by atoms with Gasteiger partial charge in [-0.05, 0) is 57.2 Å². The Kier molecular flexibility index (Phi) is 5.82. The van der Waals surface area contributed by atoms with E-state index in [4.69, 9.17) is 0 Å². The van der Waals surface area contributed by atoms with Crippen molar-refractivity contribution in [1.82, 2.24) is 0 Å². The maximum Gasteiger partial charge on any atom is 0.264 e. The maximum absolute atomic E-state index is 14.1. The molecule has 2 aromatic carbocycles. The molecule has 0 saturated heterocycles. The van der Waals surface area contributed by atoms with Crippen LogP contribution in [0.5, 0.6) is 0 Å². The number of nitrogens with one attached hydrogen (secondary N) is 2. The largest absolute Gasteiger partial charge is 0.326 e. The second-order valence-electron chi connectivity index (χ2n) is 5.72. The van der Waals surface area contributed by atoms with Crippen LogP contribution in [-0.2, 0) is 14.8 Å². The van der Waals surface area contributed by atoms with Gasteiger partial charge < -0.3 is 5.32 Å². The first-order chi connectivity index (χ1) is 13.2. The molecule has 2 N–H and O–H groups in total. The van der Waals surface area contributed by atoms with Crippen LogP contribution < -0.4 is 10.0 Å². The number of halogens is 3. The monoisotopic (exact) mass is 486 g/mol. The van der Waals surface area contributed by atoms with Crippen molar-refractivity contribution >= 4 is 54.6 Å². The molecule has 0 unspecified atom stereocenters. The molecule has 0 atom stereocenters. The molecule has 146 valence electrons. The van der Waals surface area contributed by atoms with E-state index in [1.165, 1.54) is 24.3 Å². The Bertz CT molecular complexity index is 1150. The lowest BCUT2D eigenvalue weighted by molar-refractivity contribution is -0.114. The number of carbonyl (C=O) groups excluding carboxylic acids is 1. The number of sulfonamides is 1. The molecule has 0 radical (unpaired) electrons. The van der Waals surface area contributed by atoms with E-state index in [2.05, 4.69) is 26.0 Å². The van der Waals surface area contributed by atoms with Crippen LogP contribution >= 0.6 is 27.3 Å². The number of amides is 1. The first kappa shape index (κ1) is 20.4. The van der Waals surface area contributed by atoms with Crippen LogP contribution in [0.3, 0.4) is 0 Å². The smallest absolute Gasteiger partial charge is 0.264 e. The van der Waals surface area contributed by atoms with Crippen LogP contribution in [-0.4, -0.2) is 14.3 Å². The number of thiophene rings is 1. The van der Waals surface area contributed by atoms with Crippen LogP contribution in [0, 0.1) is 11.6 Å². The molecule has 0 fully saturated rings. The third-order valence-electron chi connectivity index (χ3n) is 3.64. The molecular weight excluding hydrogens is 474 g/mol. The molecule has 1 aromatic heterocycles. The highest BCUT2D eigenvalue weighted by Gasteiger charge is 2.23. The molecule has 0 aliphatic heterocycles. The van der Waals surface area contributed by atoms with Crippen molar-refractivity contribution in [3.8, 4) is 10.4 Å². The molecule has 0 saturated carbocycles. The molecule has 0 bridgehead atoms. The first-order valence-corrected chi connectivity index (χ1v) is 11.0. The molecule has 10 heteroatoms. The van der Waals surface area contributed by atoms with E-state index in [0.29, 0.717) is 22.2 Å². The lowest BCUT2D eigenvalue weighted by atomic mass is 10.1. The van der Waals surface area contributed by atoms with E-state index in [9.17, 15) is 22.0 Å². The number of hydrogen-bond acceptors (Lipinski definition) is 4. The topological polar surface area (TPSA) is 75.3 Å². The van der Waals surface area contributed by atoms with E-state index in [-0.39, 0.29) is 16.1 Å². The van der Waals surface area contributed by atoms with Gasteiger partial charge in [-0.2, -0.15) is 0 Å². The summed E-state index contributed by atoms with van der Waals surface area (Å²) >= 11 is 4.09. The normalized spacial score (nSPS) is 11.3. The molecule has 0 aliphatic rings. The maximum atomic E-state index is 14.1. The lowest BCUT2D eigenvalue weighted by Crippen LogP contribution is -2.15. The van der Waals surface area contributed by atoms with Gasteiger partial charge in [0.25, 0.3) is 10.0 Å². The Labute approximate surface area is 172 Å². The lowest BCUT2D eigenvalue weighted by Gasteiger charge is -2.11. The average molecular weight is 487 g/mol. The van der Waals surface area contributed by atoms with Crippen molar-refractivity contribution in [2.24, 2.45) is 0 Å². The first-order valence-electron chi connectivity index (χ1n) is 7.80. The summed E-state index contributed by atoms with van der Waals surface area (Å²) in [5.41, 5.74) is 1.53. The summed E-state index contributed by atoms with van der Waals surface area (Å²) in [6, 6.07) is 9.71. The fourth-order valence-electron chi connectivity index (χ4n) is 2.43. The van der Waals surface area contributed by atoms with Crippen molar-refractivity contribution in [3.63, 3.8) is 0 Å². The van der Waals surface area contributed by atoms with Crippen LogP contribution in [0.4, 0.5) is 20.2 Å². The molecule has 1 amide bonds. The third kappa shape index (κ3) is 4.40. The summed E-state index contributed by atoms with van der Waals surface area (Å²) in [6.07, 6.45) is 0. The highest BCUT2D eigenvalue weighted by Crippen LogP contribution is 2.36. The second-order valence-corrected chi connectivity index (χ2v) is 9.15. The fraction of sp³-hybridized carbons (Fsp3) is 0.0556. The average Bonchev–Trinajstić information content (AvgIpc) is 3.05. The molecule has 0 spiro atoms. The summed E-state index contributed by atoms with van der Waals surface area (Å²) in [6.45, 7) is 1.39. The second kappa shape index (κ2) is 7.98. The molecule has 3 aromatic rings. The van der Waals surface area contributed by atoms with E-state index in [1.807, 2.05) is 0 Å². The van der Waals surface area contributed by atoms with E-state index >= 15 is 0 Å². The SMILES string of the molecule is CC(=O)Nc1ccc(-c2sccc2NS(=O)(=O)c2cc(F)c(Br)cc2F)cc1. The van der Waals surface area contributed by atoms with Crippen LogP contribution in [0.25, 0.3) is 10.4 Å². The minimum atomic E-state index is -4.34. The summed E-state index contributed by atoms with van der Waals surface area (Å²) in [5.74, 6) is -2.17. The minimum Gasteiger partial charge on any atom is -0.326 e. The van der Waals surface area contributed by atoms with Gasteiger partial charge in [0.05, 0.1) is 15.0 Å². The number of anilines is 2. The number of rotatable bonds is 5. The Morgan fingerprint density at radius 3 is 2.39 bits per heavy atom. The number of benzene rings is 2. The summed E-state index contributed by atoms with van der Waals surface area (Å²) in [7, 11) is -4.34. The Hall–Kier alpha value is -2.30. The van der Waals surface area contributed by atoms with Crippen LogP contribution in [0.2, 0.25) is 0 Å². The highest BCUT2D eigenvalue weighted by molar-refractivity contribution is 9.10. The van der Waals surface area contributed by atoms with Crippen molar-refractivity contribution in [3.05, 3.63) is 64.0 Å². The summed E-state index contributed by atoms with van der Waals surface area (Å²) < 4.78 is 55.1. The molecule has 3 rings (SSSR count). The number of carbonyl (C=O) groups is 1. The zero-order valence-electron chi connectivity index (χ0n) is 14.3. The van der Waals surface area contributed by atoms with Gasteiger partial charge in [-0.25, -0.2) is 17.2 Å². The molecule has 1 heterocycles. The third-order valence-corrected chi connectivity index (χ3v) is 6.59. The standard InChI is InChI=1S/C18H13BrF2N2O3S2/c1-10(24)22-12-4-2-11(3-5-12)18-16(6-7-27-18)23-28(25,26)17-9-14(20)13(19)8-15(17)21/h2-9,23H,1H3,(H,22,24). The molecule has 0 aliphatic carbocycles. The Morgan fingerprint density at radius 1 is 1.07 bits per heavy atom. The highest BCUT2D eigenvalue weighted by atomic mass is 79.9. The van der Waals surface area contributed by atoms with Gasteiger partial charge in [0.15, 0.2) is 0 Å². The summed E-state index contributed by atoms with van der Waals surface area (Å²) in [5, 5.41) is 4.31. The van der Waals surface area contributed by atoms with Gasteiger partial charge in [0.1, 0.15) is 16.5 Å². The van der Waals surface area contributed by atoms with E-state index in [0.717, 1.165) is 6.07 Å². The zero-order chi connectivity index (χ0) is 20.5. The molecule has 28 heavy (non-hydrogen) atoms. The predicted molar refractivity (Wildman–Crippen MR) is 109 cm³/mol. The van der Waals surface area contributed by atoms with Gasteiger partial charge >= 0.3 is 0 Å². The predicted octanol–water partition coefficient (Wildman–Crippen LogP) is 5.22. The van der Waals surface area contributed by atoms with Gasteiger partial charge in [0, 0.05) is 12.6 Å². The van der Waals surface area contributed by atoms with Gasteiger partial charge in [-0.3, -0.25) is 9.52 Å². The van der Waals surface area contributed by atoms with Crippen molar-refractivity contribution in [2.45, 2.75) is 11.8 Å². The Morgan fingerprint density at radius 2 is 1.75 bits per heavy atom. The van der Waals surface area contributed by atoms with Gasteiger partial charge in [-0.1, -0.05) is 12.1 Å². The Balaban J connectivity index is 1.92. The quantitative estimate of drug-likeness (QED) is 0.485. The van der Waals surface area contributed by atoms with Crippen molar-refractivity contribution in [2.75, 3.05) is 10.0 Å². The van der Waals surface area contributed by atoms with Gasteiger partial charge in [0.2, 0.25) is 5.91 Å². The van der Waals surface area contributed by atoms with Gasteiger partial charge in [-0.15, -0.1) is 11.3 Å². The summed E-state index contributed by atoms with van der Waals surface area (Å²) in [4.78, 5) is 10.9. The zero-order valence-corrected chi connectivity index (χ0v) is 17.5.